The van der Waals surface area contributed by atoms with Crippen LogP contribution in [0.1, 0.15) is 20.7 Å². The molecule has 3 aromatic carbocycles. The molecule has 1 aromatic heterocycles. The minimum absolute atomic E-state index is 0.00469. The molecule has 4 aromatic rings. The van der Waals surface area contributed by atoms with Crippen molar-refractivity contribution < 1.29 is 19.1 Å². The van der Waals surface area contributed by atoms with Gasteiger partial charge in [0, 0.05) is 0 Å². The zero-order valence-corrected chi connectivity index (χ0v) is 16.5. The molecule has 0 bridgehead atoms. The Morgan fingerprint density at radius 3 is 2.10 bits per heavy atom. The van der Waals surface area contributed by atoms with Crippen LogP contribution in [0.15, 0.2) is 65.5 Å². The van der Waals surface area contributed by atoms with Gasteiger partial charge in [0.1, 0.15) is 11.3 Å². The molecule has 9 heteroatoms. The molecule has 4 rings (SSSR count). The average molecular weight is 445 g/mol. The van der Waals surface area contributed by atoms with Crippen LogP contribution in [0, 0.1) is 5.82 Å². The lowest BCUT2D eigenvalue weighted by atomic mass is 10.2. The van der Waals surface area contributed by atoms with Crippen LogP contribution in [0.3, 0.4) is 0 Å². The summed E-state index contributed by atoms with van der Waals surface area (Å²) in [6.45, 7) is 0. The van der Waals surface area contributed by atoms with E-state index in [1.165, 1.54) is 48.5 Å². The first-order chi connectivity index (χ1) is 14.3. The van der Waals surface area contributed by atoms with Crippen molar-refractivity contribution in [2.45, 2.75) is 0 Å². The summed E-state index contributed by atoms with van der Waals surface area (Å²) >= 11 is 12.2. The molecule has 150 valence electrons. The number of hydrogen-bond acceptors (Lipinski definition) is 3. The smallest absolute Gasteiger partial charge is 0.340 e. The molecule has 0 aliphatic rings. The zero-order chi connectivity index (χ0) is 21.6. The van der Waals surface area contributed by atoms with Gasteiger partial charge >= 0.3 is 11.7 Å². The van der Waals surface area contributed by atoms with Crippen LogP contribution in [-0.2, 0) is 0 Å². The minimum atomic E-state index is -1.15. The topological polar surface area (TPSA) is 81.3 Å². The zero-order valence-electron chi connectivity index (χ0n) is 15.0. The number of halogens is 3. The molecule has 1 N–H and O–H groups in total. The number of para-hydroxylation sites is 1. The number of imidazole rings is 1. The van der Waals surface area contributed by atoms with Gasteiger partial charge in [-0.1, -0.05) is 35.3 Å². The molecule has 30 heavy (non-hydrogen) atoms. The fraction of sp³-hybridized carbons (Fsp3) is 0. The number of rotatable bonds is 3. The molecular formula is C21H11Cl2FN2O4. The molecule has 0 aliphatic carbocycles. The van der Waals surface area contributed by atoms with Crippen LogP contribution >= 0.6 is 23.2 Å². The van der Waals surface area contributed by atoms with Gasteiger partial charge in [-0.2, -0.15) is 0 Å². The van der Waals surface area contributed by atoms with E-state index in [4.69, 9.17) is 28.3 Å². The third-order valence-electron chi connectivity index (χ3n) is 4.56. The lowest BCUT2D eigenvalue weighted by molar-refractivity contribution is 0.0696. The predicted octanol–water partition coefficient (Wildman–Crippen LogP) is 4.62. The maximum atomic E-state index is 14.7. The van der Waals surface area contributed by atoms with Crippen LogP contribution in [0.25, 0.3) is 16.7 Å². The van der Waals surface area contributed by atoms with Crippen LogP contribution in [0.5, 0.6) is 0 Å². The first-order valence-electron chi connectivity index (χ1n) is 8.55. The van der Waals surface area contributed by atoms with Crippen LogP contribution in [0.4, 0.5) is 4.39 Å². The fourth-order valence-electron chi connectivity index (χ4n) is 3.21. The van der Waals surface area contributed by atoms with Gasteiger partial charge in [-0.15, -0.1) is 0 Å². The minimum Gasteiger partial charge on any atom is -0.478 e. The standard InChI is InChI=1S/C21H11Cl2FN2O4/c22-13-3-1-4-14(23)17(13)19(27)26-16-6-2-5-15(24)18(16)25(21(26)30)12-9-7-11(8-10-12)20(28)29/h1-10H,(H,28,29). The third-order valence-corrected chi connectivity index (χ3v) is 5.19. The van der Waals surface area contributed by atoms with Gasteiger partial charge in [-0.05, 0) is 48.5 Å². The van der Waals surface area contributed by atoms with Gasteiger partial charge in [0.05, 0.1) is 32.4 Å². The quantitative estimate of drug-likeness (QED) is 0.499. The van der Waals surface area contributed by atoms with Crippen molar-refractivity contribution in [3.63, 3.8) is 0 Å². The molecule has 0 saturated heterocycles. The van der Waals surface area contributed by atoms with Gasteiger partial charge < -0.3 is 5.11 Å². The van der Waals surface area contributed by atoms with E-state index in [1.807, 2.05) is 0 Å². The summed E-state index contributed by atoms with van der Waals surface area (Å²) in [6, 6.07) is 13.7. The molecule has 0 spiro atoms. The number of benzene rings is 3. The first kappa shape index (κ1) is 19.9. The second kappa shape index (κ2) is 7.44. The lowest BCUT2D eigenvalue weighted by Crippen LogP contribution is -2.29. The van der Waals surface area contributed by atoms with Crippen molar-refractivity contribution in [3.8, 4) is 5.69 Å². The van der Waals surface area contributed by atoms with E-state index in [-0.39, 0.29) is 37.9 Å². The molecule has 0 aliphatic heterocycles. The molecule has 0 atom stereocenters. The largest absolute Gasteiger partial charge is 0.478 e. The van der Waals surface area contributed by atoms with Gasteiger partial charge in [-0.25, -0.2) is 18.5 Å². The van der Waals surface area contributed by atoms with Crippen molar-refractivity contribution >= 4 is 46.1 Å². The molecule has 1 heterocycles. The Bertz CT molecular complexity index is 1370. The molecule has 0 saturated carbocycles. The van der Waals surface area contributed by atoms with E-state index in [0.29, 0.717) is 0 Å². The third kappa shape index (κ3) is 3.08. The number of aromatic carboxylic acids is 1. The van der Waals surface area contributed by atoms with E-state index in [0.717, 1.165) is 15.2 Å². The van der Waals surface area contributed by atoms with Crippen molar-refractivity contribution in [2.24, 2.45) is 0 Å². The highest BCUT2D eigenvalue weighted by molar-refractivity contribution is 6.39. The van der Waals surface area contributed by atoms with Gasteiger partial charge in [0.2, 0.25) is 0 Å². The van der Waals surface area contributed by atoms with Gasteiger partial charge in [0.15, 0.2) is 0 Å². The van der Waals surface area contributed by atoms with Crippen LogP contribution < -0.4 is 5.69 Å². The Morgan fingerprint density at radius 1 is 0.900 bits per heavy atom. The maximum absolute atomic E-state index is 14.7. The highest BCUT2D eigenvalue weighted by Crippen LogP contribution is 2.27. The first-order valence-corrected chi connectivity index (χ1v) is 9.31. The Labute approximate surface area is 178 Å². The summed E-state index contributed by atoms with van der Waals surface area (Å²) in [5.74, 6) is -2.69. The monoisotopic (exact) mass is 444 g/mol. The number of fused-ring (bicyclic) bond motifs is 1. The number of carbonyl (C=O) groups excluding carboxylic acids is 1. The van der Waals surface area contributed by atoms with E-state index in [9.17, 15) is 18.8 Å². The SMILES string of the molecule is O=C(O)c1ccc(-n2c(=O)n(C(=O)c3c(Cl)cccc3Cl)c3cccc(F)c32)cc1. The molecular weight excluding hydrogens is 434 g/mol. The fourth-order valence-corrected chi connectivity index (χ4v) is 3.77. The van der Waals surface area contributed by atoms with Crippen molar-refractivity contribution in [3.05, 3.63) is 98.1 Å². The maximum Gasteiger partial charge on any atom is 0.340 e. The number of carbonyl (C=O) groups is 2. The summed E-state index contributed by atoms with van der Waals surface area (Å²) < 4.78 is 16.5. The summed E-state index contributed by atoms with van der Waals surface area (Å²) in [5, 5.41) is 9.16. The van der Waals surface area contributed by atoms with Crippen molar-refractivity contribution in [2.75, 3.05) is 0 Å². The number of aromatic nitrogens is 2. The normalized spacial score (nSPS) is 11.0. The molecule has 6 nitrogen and oxygen atoms in total. The number of hydrogen-bond donors (Lipinski definition) is 1. The molecule has 0 amide bonds. The van der Waals surface area contributed by atoms with E-state index in [1.54, 1.807) is 6.07 Å². The second-order valence-electron chi connectivity index (χ2n) is 6.31. The summed E-state index contributed by atoms with van der Waals surface area (Å²) in [5.41, 5.74) is -0.871. The predicted molar refractivity (Wildman–Crippen MR) is 111 cm³/mol. The molecule has 0 fully saturated rings. The van der Waals surface area contributed by atoms with Crippen LogP contribution in [0.2, 0.25) is 10.0 Å². The Kier molecular flexibility index (Phi) is 4.93. The Morgan fingerprint density at radius 2 is 1.50 bits per heavy atom. The summed E-state index contributed by atoms with van der Waals surface area (Å²) in [7, 11) is 0. The van der Waals surface area contributed by atoms with E-state index >= 15 is 0 Å². The van der Waals surface area contributed by atoms with Crippen molar-refractivity contribution in [1.29, 1.82) is 0 Å². The van der Waals surface area contributed by atoms with Crippen LogP contribution in [-0.4, -0.2) is 26.1 Å². The van der Waals surface area contributed by atoms with E-state index < -0.39 is 23.4 Å². The highest BCUT2D eigenvalue weighted by atomic mass is 35.5. The number of nitrogens with zero attached hydrogens (tertiary/aromatic N) is 2. The highest BCUT2D eigenvalue weighted by Gasteiger charge is 2.25. The van der Waals surface area contributed by atoms with Gasteiger partial charge in [0.25, 0.3) is 5.91 Å². The Balaban J connectivity index is 2.03. The summed E-state index contributed by atoms with van der Waals surface area (Å²) in [6.07, 6.45) is 0. The lowest BCUT2D eigenvalue weighted by Gasteiger charge is -2.06. The summed E-state index contributed by atoms with van der Waals surface area (Å²) in [4.78, 5) is 37.5. The van der Waals surface area contributed by atoms with E-state index in [2.05, 4.69) is 0 Å². The average Bonchev–Trinajstić information content (AvgIpc) is 3.01. The number of carboxylic acids is 1. The molecule has 0 radical (unpaired) electrons. The second-order valence-corrected chi connectivity index (χ2v) is 7.13. The molecule has 0 unspecified atom stereocenters. The Hall–Kier alpha value is -3.42. The number of carboxylic acid groups (broad SMARTS) is 1. The van der Waals surface area contributed by atoms with Gasteiger partial charge in [-0.3, -0.25) is 9.36 Å². The van der Waals surface area contributed by atoms with Crippen molar-refractivity contribution in [1.82, 2.24) is 9.13 Å².